The number of anilines is 1. The number of unbranched alkanes of at least 4 members (excludes halogenated alkanes) is 1. The smallest absolute Gasteiger partial charge is 0.382 e. The zero-order valence-electron chi connectivity index (χ0n) is 21.2. The van der Waals surface area contributed by atoms with Crippen LogP contribution in [0.4, 0.5) is 19.0 Å². The molecule has 1 aliphatic rings. The first-order valence-electron chi connectivity index (χ1n) is 12.7. The summed E-state index contributed by atoms with van der Waals surface area (Å²) in [6.07, 6.45) is 2.77. The van der Waals surface area contributed by atoms with Crippen LogP contribution in [0.2, 0.25) is 5.02 Å². The Morgan fingerprint density at radius 2 is 2.03 bits per heavy atom. The highest BCUT2D eigenvalue weighted by Gasteiger charge is 2.34. The van der Waals surface area contributed by atoms with Crippen LogP contribution in [0, 0.1) is 0 Å². The highest BCUT2D eigenvalue weighted by molar-refractivity contribution is 6.32. The molecular formula is C25H30ClF3N8O. The molecule has 204 valence electrons. The summed E-state index contributed by atoms with van der Waals surface area (Å²) < 4.78 is 47.7. The molecule has 38 heavy (non-hydrogen) atoms. The minimum atomic E-state index is -4.51. The van der Waals surface area contributed by atoms with E-state index in [0.29, 0.717) is 46.3 Å². The molecule has 4 aromatic rings. The van der Waals surface area contributed by atoms with Gasteiger partial charge >= 0.3 is 6.18 Å². The number of nitrogen functional groups attached to an aromatic ring is 1. The van der Waals surface area contributed by atoms with Crippen LogP contribution in [0.3, 0.4) is 0 Å². The summed E-state index contributed by atoms with van der Waals surface area (Å²) in [5.41, 5.74) is 7.09. The molecule has 1 aromatic carbocycles. The Morgan fingerprint density at radius 3 is 2.79 bits per heavy atom. The summed E-state index contributed by atoms with van der Waals surface area (Å²) in [6, 6.07) is 2.63. The molecule has 2 atom stereocenters. The van der Waals surface area contributed by atoms with Gasteiger partial charge in [-0.05, 0) is 58.2 Å². The molecule has 5 rings (SSSR count). The molecule has 13 heteroatoms. The number of aromatic nitrogens is 6. The Labute approximate surface area is 222 Å². The lowest BCUT2D eigenvalue weighted by Gasteiger charge is -2.29. The fourth-order valence-corrected chi connectivity index (χ4v) is 5.22. The van der Waals surface area contributed by atoms with Crippen LogP contribution in [0.1, 0.15) is 57.1 Å². The van der Waals surface area contributed by atoms with Gasteiger partial charge in [0.25, 0.3) is 0 Å². The third kappa shape index (κ3) is 5.57. The first-order chi connectivity index (χ1) is 18.1. The van der Waals surface area contributed by atoms with E-state index in [0.717, 1.165) is 44.8 Å². The maximum atomic E-state index is 13.1. The van der Waals surface area contributed by atoms with E-state index in [1.165, 1.54) is 12.4 Å². The van der Waals surface area contributed by atoms with E-state index in [1.54, 1.807) is 6.33 Å². The number of H-pyrrole nitrogens is 1. The highest BCUT2D eigenvalue weighted by Crippen LogP contribution is 2.37. The summed E-state index contributed by atoms with van der Waals surface area (Å²) in [5.74, 6) is 1.01. The molecule has 0 bridgehead atoms. The fraction of sp³-hybridized carbons (Fsp3) is 0.520. The number of alkyl halides is 3. The van der Waals surface area contributed by atoms with Gasteiger partial charge in [-0.25, -0.2) is 19.9 Å². The van der Waals surface area contributed by atoms with Gasteiger partial charge in [0.15, 0.2) is 11.5 Å². The molecule has 1 fully saturated rings. The number of hydrogen-bond donors (Lipinski definition) is 2. The first-order valence-corrected chi connectivity index (χ1v) is 13.1. The Balaban J connectivity index is 1.14. The monoisotopic (exact) mass is 550 g/mol. The van der Waals surface area contributed by atoms with Crippen molar-refractivity contribution in [1.29, 1.82) is 0 Å². The fourth-order valence-electron chi connectivity index (χ4n) is 4.96. The number of hydrogen-bond acceptors (Lipinski definition) is 7. The lowest BCUT2D eigenvalue weighted by atomic mass is 10.1. The number of rotatable bonds is 9. The second kappa shape index (κ2) is 10.7. The van der Waals surface area contributed by atoms with Crippen LogP contribution in [0.25, 0.3) is 22.2 Å². The van der Waals surface area contributed by atoms with Crippen LogP contribution >= 0.6 is 11.6 Å². The molecule has 0 amide bonds. The lowest BCUT2D eigenvalue weighted by Crippen LogP contribution is -2.38. The number of fused-ring (bicyclic) bond motifs is 2. The number of nitrogens with one attached hydrogen (secondary N) is 1. The van der Waals surface area contributed by atoms with Gasteiger partial charge in [-0.1, -0.05) is 11.6 Å². The zero-order chi connectivity index (χ0) is 27.0. The van der Waals surface area contributed by atoms with Gasteiger partial charge in [0.2, 0.25) is 0 Å². The molecule has 3 aromatic heterocycles. The van der Waals surface area contributed by atoms with Crippen LogP contribution in [-0.2, 0) is 17.3 Å². The Morgan fingerprint density at radius 1 is 1.21 bits per heavy atom. The summed E-state index contributed by atoms with van der Waals surface area (Å²) in [5, 5.41) is -0.342. The van der Waals surface area contributed by atoms with Crippen molar-refractivity contribution in [3.63, 3.8) is 0 Å². The Hall–Kier alpha value is -2.96. The van der Waals surface area contributed by atoms with E-state index >= 15 is 0 Å². The highest BCUT2D eigenvalue weighted by atomic mass is 35.5. The first kappa shape index (κ1) is 26.6. The van der Waals surface area contributed by atoms with E-state index in [4.69, 9.17) is 22.1 Å². The molecule has 1 aliphatic heterocycles. The van der Waals surface area contributed by atoms with E-state index in [9.17, 15) is 13.2 Å². The van der Waals surface area contributed by atoms with E-state index < -0.39 is 11.7 Å². The van der Waals surface area contributed by atoms with Crippen molar-refractivity contribution in [2.75, 3.05) is 18.8 Å². The SMILES string of the molecule is CC(C)N(CCCCc1nc2cc(Cl)c(C(F)(F)F)cc2[nH]1)CC1CCC(n2cnc3c(N)ncnc32)O1. The maximum absolute atomic E-state index is 13.1. The molecular weight excluding hydrogens is 521 g/mol. The summed E-state index contributed by atoms with van der Waals surface area (Å²) in [7, 11) is 0. The number of nitrogens with two attached hydrogens (primary N) is 1. The topological polar surface area (TPSA) is 111 Å². The second-order valence-corrected chi connectivity index (χ2v) is 10.4. The minimum absolute atomic E-state index is 0.0852. The lowest BCUT2D eigenvalue weighted by molar-refractivity contribution is -0.137. The number of nitrogens with zero attached hydrogens (tertiary/aromatic N) is 6. The van der Waals surface area contributed by atoms with Crippen LogP contribution in [0.5, 0.6) is 0 Å². The normalized spacial score (nSPS) is 18.5. The van der Waals surface area contributed by atoms with Gasteiger partial charge in [-0.2, -0.15) is 13.2 Å². The Kier molecular flexibility index (Phi) is 7.47. The second-order valence-electron chi connectivity index (χ2n) is 9.95. The van der Waals surface area contributed by atoms with Gasteiger partial charge < -0.3 is 15.5 Å². The van der Waals surface area contributed by atoms with E-state index in [-0.39, 0.29) is 17.4 Å². The van der Waals surface area contributed by atoms with E-state index in [2.05, 4.69) is 43.7 Å². The number of benzene rings is 1. The molecule has 1 saturated heterocycles. The third-order valence-electron chi connectivity index (χ3n) is 6.98. The molecule has 0 radical (unpaired) electrons. The average Bonchev–Trinajstić information content (AvgIpc) is 3.57. The summed E-state index contributed by atoms with van der Waals surface area (Å²) >= 11 is 5.82. The van der Waals surface area contributed by atoms with Gasteiger partial charge in [-0.15, -0.1) is 0 Å². The van der Waals surface area contributed by atoms with Gasteiger partial charge in [0.05, 0.1) is 34.1 Å². The van der Waals surface area contributed by atoms with Crippen molar-refractivity contribution in [2.24, 2.45) is 0 Å². The van der Waals surface area contributed by atoms with Gasteiger partial charge in [0.1, 0.15) is 23.9 Å². The van der Waals surface area contributed by atoms with Crippen LogP contribution < -0.4 is 5.73 Å². The molecule has 0 aliphatic carbocycles. The molecule has 2 unspecified atom stereocenters. The van der Waals surface area contributed by atoms with Crippen molar-refractivity contribution < 1.29 is 17.9 Å². The Bertz CT molecular complexity index is 1420. The van der Waals surface area contributed by atoms with Crippen molar-refractivity contribution in [1.82, 2.24) is 34.4 Å². The summed E-state index contributed by atoms with van der Waals surface area (Å²) in [6.45, 7) is 6.01. The maximum Gasteiger partial charge on any atom is 0.417 e. The van der Waals surface area contributed by atoms with Crippen molar-refractivity contribution >= 4 is 39.6 Å². The zero-order valence-corrected chi connectivity index (χ0v) is 21.9. The molecule has 0 spiro atoms. The largest absolute Gasteiger partial charge is 0.417 e. The number of halogens is 4. The third-order valence-corrected chi connectivity index (χ3v) is 7.30. The van der Waals surface area contributed by atoms with Crippen LogP contribution in [-0.4, -0.2) is 59.6 Å². The summed E-state index contributed by atoms with van der Waals surface area (Å²) in [4.78, 5) is 22.5. The van der Waals surface area contributed by atoms with Crippen molar-refractivity contribution in [2.45, 2.75) is 70.5 Å². The van der Waals surface area contributed by atoms with Gasteiger partial charge in [0, 0.05) is 19.0 Å². The number of aromatic amines is 1. The predicted octanol–water partition coefficient (Wildman–Crippen LogP) is 5.37. The molecule has 0 saturated carbocycles. The standard InChI is InChI=1S/C25H30ClF3N8O/c1-14(2)36(11-15-6-7-21(38-15)37-13-33-22-23(30)31-12-32-24(22)37)8-4-3-5-20-34-18-9-16(25(27,28)29)17(26)10-19(18)35-20/h9-10,12-15,21H,3-8,11H2,1-2H3,(H,34,35)(H2,30,31,32). The number of aryl methyl sites for hydroxylation is 1. The van der Waals surface area contributed by atoms with Crippen LogP contribution in [0.15, 0.2) is 24.8 Å². The van der Waals surface area contributed by atoms with Crippen molar-refractivity contribution in [3.05, 3.63) is 41.2 Å². The van der Waals surface area contributed by atoms with Crippen molar-refractivity contribution in [3.8, 4) is 0 Å². The minimum Gasteiger partial charge on any atom is -0.382 e. The molecule has 4 heterocycles. The number of ether oxygens (including phenoxy) is 1. The molecule has 3 N–H and O–H groups in total. The number of imidazole rings is 2. The van der Waals surface area contributed by atoms with E-state index in [1.807, 2.05) is 4.57 Å². The average molecular weight is 551 g/mol. The quantitative estimate of drug-likeness (QED) is 0.270. The molecule has 9 nitrogen and oxygen atoms in total. The van der Waals surface area contributed by atoms with Gasteiger partial charge in [-0.3, -0.25) is 9.47 Å². The predicted molar refractivity (Wildman–Crippen MR) is 139 cm³/mol.